The van der Waals surface area contributed by atoms with Gasteiger partial charge in [-0.1, -0.05) is 32.8 Å². The average molecular weight is 290 g/mol. The maximum atomic E-state index is 5.47. The van der Waals surface area contributed by atoms with Crippen molar-refractivity contribution < 1.29 is 0 Å². The Morgan fingerprint density at radius 1 is 1.10 bits per heavy atom. The molecule has 0 bridgehead atoms. The number of hydrogen-bond donors (Lipinski definition) is 2. The Kier molecular flexibility index (Phi) is 5.03. The van der Waals surface area contributed by atoms with Crippen molar-refractivity contribution in [1.82, 2.24) is 5.32 Å². The molecule has 110 valence electrons. The predicted molar refractivity (Wildman–Crippen MR) is 91.2 cm³/mol. The quantitative estimate of drug-likeness (QED) is 0.789. The van der Waals surface area contributed by atoms with Crippen LogP contribution in [-0.4, -0.2) is 11.2 Å². The molecule has 0 spiro atoms. The average Bonchev–Trinajstić information content (AvgIpc) is 2.33. The van der Waals surface area contributed by atoms with Crippen LogP contribution in [0.5, 0.6) is 0 Å². The largest absolute Gasteiger partial charge is 0.359 e. The van der Waals surface area contributed by atoms with Crippen molar-refractivity contribution in [2.75, 3.05) is 5.32 Å². The minimum absolute atomic E-state index is 0.504. The Hall–Kier alpha value is -1.09. The van der Waals surface area contributed by atoms with Gasteiger partial charge in [-0.05, 0) is 67.6 Å². The fraction of sp³-hybridized carbons (Fsp3) is 0.588. The zero-order valence-electron chi connectivity index (χ0n) is 13.0. The number of nitrogens with one attached hydrogen (secondary N) is 2. The van der Waals surface area contributed by atoms with Gasteiger partial charge in [0.05, 0.1) is 0 Å². The van der Waals surface area contributed by atoms with Crippen molar-refractivity contribution in [3.63, 3.8) is 0 Å². The topological polar surface area (TPSA) is 24.1 Å². The van der Waals surface area contributed by atoms with Crippen LogP contribution in [0.1, 0.15) is 44.2 Å². The van der Waals surface area contributed by atoms with Crippen LogP contribution in [0.15, 0.2) is 18.2 Å². The first-order valence-electron chi connectivity index (χ1n) is 7.61. The van der Waals surface area contributed by atoms with Crippen LogP contribution in [-0.2, 0) is 0 Å². The van der Waals surface area contributed by atoms with Gasteiger partial charge in [-0.15, -0.1) is 0 Å². The molecular weight excluding hydrogens is 264 g/mol. The fourth-order valence-electron chi connectivity index (χ4n) is 3.17. The van der Waals surface area contributed by atoms with E-state index in [1.807, 2.05) is 0 Å². The first-order valence-corrected chi connectivity index (χ1v) is 8.02. The molecule has 1 aromatic rings. The molecule has 1 aliphatic carbocycles. The summed E-state index contributed by atoms with van der Waals surface area (Å²) in [7, 11) is 0. The second kappa shape index (κ2) is 6.57. The van der Waals surface area contributed by atoms with Gasteiger partial charge >= 0.3 is 0 Å². The van der Waals surface area contributed by atoms with E-state index in [1.165, 1.54) is 30.4 Å². The van der Waals surface area contributed by atoms with Crippen LogP contribution in [0, 0.1) is 25.7 Å². The van der Waals surface area contributed by atoms with Gasteiger partial charge in [-0.3, -0.25) is 0 Å². The normalized spacial score (nSPS) is 26.1. The molecule has 1 fully saturated rings. The van der Waals surface area contributed by atoms with Gasteiger partial charge in [0.15, 0.2) is 5.11 Å². The number of rotatable bonds is 2. The second-order valence-corrected chi connectivity index (χ2v) is 6.76. The summed E-state index contributed by atoms with van der Waals surface area (Å²) >= 11 is 5.47. The molecule has 0 heterocycles. The monoisotopic (exact) mass is 290 g/mol. The number of thiocarbonyl (C=S) groups is 1. The highest BCUT2D eigenvalue weighted by Crippen LogP contribution is 2.29. The van der Waals surface area contributed by atoms with Crippen molar-refractivity contribution in [3.8, 4) is 0 Å². The molecule has 0 unspecified atom stereocenters. The van der Waals surface area contributed by atoms with E-state index in [0.29, 0.717) is 12.0 Å². The lowest BCUT2D eigenvalue weighted by Crippen LogP contribution is -2.45. The molecule has 1 aromatic carbocycles. The van der Waals surface area contributed by atoms with E-state index in [9.17, 15) is 0 Å². The molecule has 1 aliphatic rings. The van der Waals surface area contributed by atoms with E-state index in [1.54, 1.807) is 0 Å². The second-order valence-electron chi connectivity index (χ2n) is 6.35. The summed E-state index contributed by atoms with van der Waals surface area (Å²) in [6.07, 6.45) is 3.87. The first kappa shape index (κ1) is 15.3. The van der Waals surface area contributed by atoms with Crippen LogP contribution in [0.4, 0.5) is 5.69 Å². The van der Waals surface area contributed by atoms with E-state index in [4.69, 9.17) is 12.2 Å². The number of anilines is 1. The third-order valence-electron chi connectivity index (χ3n) is 4.50. The molecule has 0 aliphatic heterocycles. The minimum atomic E-state index is 0.504. The van der Waals surface area contributed by atoms with Gasteiger partial charge in [0.2, 0.25) is 0 Å². The standard InChI is InChI=1S/C17H26N2S/c1-11-8-12(2)10-15(9-11)18-17(20)19-16-7-5-6-13(3)14(16)4/h8-10,13-14,16H,5-7H2,1-4H3,(H2,18,19,20)/t13-,14-,16+/m0/s1. The maximum absolute atomic E-state index is 5.47. The Labute approximate surface area is 128 Å². The van der Waals surface area contributed by atoms with Gasteiger partial charge in [-0.25, -0.2) is 0 Å². The zero-order chi connectivity index (χ0) is 14.7. The maximum Gasteiger partial charge on any atom is 0.171 e. The van der Waals surface area contributed by atoms with Crippen molar-refractivity contribution >= 4 is 23.0 Å². The number of benzene rings is 1. The van der Waals surface area contributed by atoms with Crippen molar-refractivity contribution in [2.45, 2.75) is 53.0 Å². The molecule has 0 radical (unpaired) electrons. The smallest absolute Gasteiger partial charge is 0.171 e. The number of hydrogen-bond acceptors (Lipinski definition) is 1. The molecule has 0 amide bonds. The van der Waals surface area contributed by atoms with Crippen molar-refractivity contribution in [2.24, 2.45) is 11.8 Å². The Morgan fingerprint density at radius 2 is 1.75 bits per heavy atom. The predicted octanol–water partition coefficient (Wildman–Crippen LogP) is 4.41. The molecule has 3 heteroatoms. The summed E-state index contributed by atoms with van der Waals surface area (Å²) in [5.74, 6) is 1.47. The van der Waals surface area contributed by atoms with E-state index in [2.05, 4.69) is 56.5 Å². The van der Waals surface area contributed by atoms with Gasteiger partial charge in [0.1, 0.15) is 0 Å². The molecule has 2 N–H and O–H groups in total. The molecule has 0 saturated heterocycles. The molecular formula is C17H26N2S. The third kappa shape index (κ3) is 3.95. The van der Waals surface area contributed by atoms with Crippen LogP contribution in [0.2, 0.25) is 0 Å². The summed E-state index contributed by atoms with van der Waals surface area (Å²) in [5.41, 5.74) is 3.60. The SMILES string of the molecule is Cc1cc(C)cc(NC(=S)N[C@@H]2CCC[C@H](C)[C@@H]2C)c1. The Balaban J connectivity index is 1.95. The highest BCUT2D eigenvalue weighted by molar-refractivity contribution is 7.80. The van der Waals surface area contributed by atoms with Gasteiger partial charge in [0.25, 0.3) is 0 Å². The van der Waals surface area contributed by atoms with Crippen LogP contribution < -0.4 is 10.6 Å². The van der Waals surface area contributed by atoms with E-state index in [-0.39, 0.29) is 0 Å². The van der Waals surface area contributed by atoms with E-state index >= 15 is 0 Å². The van der Waals surface area contributed by atoms with Gasteiger partial charge < -0.3 is 10.6 Å². The molecule has 2 rings (SSSR count). The highest BCUT2D eigenvalue weighted by atomic mass is 32.1. The summed E-state index contributed by atoms with van der Waals surface area (Å²) in [6.45, 7) is 8.90. The lowest BCUT2D eigenvalue weighted by Gasteiger charge is -2.35. The first-order chi connectivity index (χ1) is 9.45. The third-order valence-corrected chi connectivity index (χ3v) is 4.72. The van der Waals surface area contributed by atoms with Crippen molar-refractivity contribution in [3.05, 3.63) is 29.3 Å². The Morgan fingerprint density at radius 3 is 2.40 bits per heavy atom. The van der Waals surface area contributed by atoms with Gasteiger partial charge in [0, 0.05) is 11.7 Å². The lowest BCUT2D eigenvalue weighted by atomic mass is 9.78. The fourth-order valence-corrected chi connectivity index (χ4v) is 3.44. The molecule has 2 nitrogen and oxygen atoms in total. The Bertz CT molecular complexity index is 464. The summed E-state index contributed by atoms with van der Waals surface area (Å²) in [5, 5.41) is 7.58. The molecule has 0 aromatic heterocycles. The van der Waals surface area contributed by atoms with E-state index in [0.717, 1.165) is 16.7 Å². The molecule has 3 atom stereocenters. The molecule has 20 heavy (non-hydrogen) atoms. The minimum Gasteiger partial charge on any atom is -0.359 e. The highest BCUT2D eigenvalue weighted by Gasteiger charge is 2.27. The molecule has 1 saturated carbocycles. The zero-order valence-corrected chi connectivity index (χ0v) is 13.8. The summed E-state index contributed by atoms with van der Waals surface area (Å²) in [4.78, 5) is 0. The van der Waals surface area contributed by atoms with Crippen molar-refractivity contribution in [1.29, 1.82) is 0 Å². The van der Waals surface area contributed by atoms with Gasteiger partial charge in [-0.2, -0.15) is 0 Å². The van der Waals surface area contributed by atoms with Crippen LogP contribution >= 0.6 is 12.2 Å². The number of aryl methyl sites for hydroxylation is 2. The summed E-state index contributed by atoms with van der Waals surface area (Å²) < 4.78 is 0. The van der Waals surface area contributed by atoms with Crippen LogP contribution in [0.3, 0.4) is 0 Å². The lowest BCUT2D eigenvalue weighted by molar-refractivity contribution is 0.225. The van der Waals surface area contributed by atoms with Crippen LogP contribution in [0.25, 0.3) is 0 Å². The van der Waals surface area contributed by atoms with E-state index < -0.39 is 0 Å². The summed E-state index contributed by atoms with van der Waals surface area (Å²) in [6, 6.07) is 6.94.